The molecule has 116 valence electrons. The molecule has 7 heteroatoms. The molecule has 0 atom stereocenters. The van der Waals surface area contributed by atoms with Crippen LogP contribution >= 0.6 is 0 Å². The molecular weight excluding hydrogens is 325 g/mol. The molecule has 0 bridgehead atoms. The van der Waals surface area contributed by atoms with Gasteiger partial charge in [0.05, 0.1) is 21.5 Å². The van der Waals surface area contributed by atoms with E-state index in [-0.39, 0.29) is 41.7 Å². The van der Waals surface area contributed by atoms with E-state index in [2.05, 4.69) is 0 Å². The summed E-state index contributed by atoms with van der Waals surface area (Å²) < 4.78 is 38.4. The van der Waals surface area contributed by atoms with Crippen LogP contribution in [-0.4, -0.2) is 25.3 Å². The second-order valence-corrected chi connectivity index (χ2v) is 6.78. The average Bonchev–Trinajstić information content (AvgIpc) is 2.46. The summed E-state index contributed by atoms with van der Waals surface area (Å²) in [6.07, 6.45) is 0.271. The van der Waals surface area contributed by atoms with Crippen molar-refractivity contribution >= 4 is 21.5 Å². The van der Waals surface area contributed by atoms with Crippen molar-refractivity contribution in [2.45, 2.75) is 13.3 Å². The van der Waals surface area contributed by atoms with E-state index in [1.165, 1.54) is 0 Å². The molecule has 0 fully saturated rings. The number of anilines is 2. The number of para-hydroxylation sites is 3. The largest absolute Gasteiger partial charge is 1.00 e. The maximum Gasteiger partial charge on any atom is 1.00 e. The fraction of sp³-hybridized carbons (Fsp3) is 0.250. The fourth-order valence-electron chi connectivity index (χ4n) is 2.63. The van der Waals surface area contributed by atoms with E-state index in [4.69, 9.17) is 4.74 Å². The zero-order valence-corrected chi connectivity index (χ0v) is 16.0. The summed E-state index contributed by atoms with van der Waals surface area (Å²) in [5.74, 6) is 1.13. The van der Waals surface area contributed by atoms with E-state index < -0.39 is 10.1 Å². The molecule has 23 heavy (non-hydrogen) atoms. The average molecular weight is 341 g/mol. The minimum atomic E-state index is -4.20. The smallest absolute Gasteiger partial charge is 0.748 e. The van der Waals surface area contributed by atoms with Gasteiger partial charge in [-0.05, 0) is 37.1 Å². The summed E-state index contributed by atoms with van der Waals surface area (Å²) in [5.41, 5.74) is 2.78. The van der Waals surface area contributed by atoms with Crippen LogP contribution in [0.25, 0.3) is 0 Å². The van der Waals surface area contributed by atoms with Gasteiger partial charge >= 0.3 is 29.6 Å². The normalized spacial score (nSPS) is 12.7. The third kappa shape index (κ3) is 4.08. The van der Waals surface area contributed by atoms with Crippen molar-refractivity contribution in [2.24, 2.45) is 0 Å². The first-order valence-electron chi connectivity index (χ1n) is 7.03. The minimum absolute atomic E-state index is 0. The first-order chi connectivity index (χ1) is 10.5. The van der Waals surface area contributed by atoms with E-state index in [0.29, 0.717) is 6.54 Å². The standard InChI is InChI=1S/C16H17NO4S.Na/c1-12-6-4-8-14-16(12)21-15-9-3-2-7-13(15)17(14)10-5-11-22(18,19)20;/h2-4,6-9H,5,10-11H2,1H3,(H,18,19,20);/q;+1/p-1. The van der Waals surface area contributed by atoms with Gasteiger partial charge in [0.1, 0.15) is 0 Å². The molecule has 0 N–H and O–H groups in total. The van der Waals surface area contributed by atoms with Gasteiger partial charge in [0.25, 0.3) is 0 Å². The molecule has 0 radical (unpaired) electrons. The third-order valence-corrected chi connectivity index (χ3v) is 4.41. The Morgan fingerprint density at radius 1 is 1.09 bits per heavy atom. The van der Waals surface area contributed by atoms with Crippen LogP contribution < -0.4 is 39.2 Å². The monoisotopic (exact) mass is 341 g/mol. The molecule has 2 aromatic rings. The summed E-state index contributed by atoms with van der Waals surface area (Å²) in [5, 5.41) is 0. The fourth-order valence-corrected chi connectivity index (χ4v) is 3.11. The number of fused-ring (bicyclic) bond motifs is 2. The second-order valence-electron chi connectivity index (χ2n) is 5.26. The maximum absolute atomic E-state index is 10.8. The predicted octanol–water partition coefficient (Wildman–Crippen LogP) is 0.178. The van der Waals surface area contributed by atoms with Crippen LogP contribution in [0.1, 0.15) is 12.0 Å². The molecule has 0 amide bonds. The molecule has 0 aromatic heterocycles. The zero-order chi connectivity index (χ0) is 15.7. The van der Waals surface area contributed by atoms with Crippen LogP contribution in [0, 0.1) is 6.92 Å². The van der Waals surface area contributed by atoms with Crippen LogP contribution in [0.15, 0.2) is 42.5 Å². The molecule has 1 heterocycles. The van der Waals surface area contributed by atoms with Gasteiger partial charge in [0, 0.05) is 12.3 Å². The Hall–Kier alpha value is -1.05. The number of ether oxygens (including phenoxy) is 1. The van der Waals surface area contributed by atoms with Gasteiger partial charge in [-0.25, -0.2) is 8.42 Å². The quantitative estimate of drug-likeness (QED) is 0.586. The van der Waals surface area contributed by atoms with E-state index >= 15 is 0 Å². The van der Waals surface area contributed by atoms with E-state index in [0.717, 1.165) is 28.4 Å². The second kappa shape index (κ2) is 7.23. The Morgan fingerprint density at radius 3 is 2.52 bits per heavy atom. The molecule has 3 rings (SSSR count). The molecule has 0 aliphatic carbocycles. The molecule has 1 aliphatic heterocycles. The van der Waals surface area contributed by atoms with Crippen LogP contribution in [0.3, 0.4) is 0 Å². The van der Waals surface area contributed by atoms with Crippen molar-refractivity contribution in [3.8, 4) is 11.5 Å². The van der Waals surface area contributed by atoms with Crippen molar-refractivity contribution < 1.29 is 47.3 Å². The Kier molecular flexibility index (Phi) is 5.75. The Labute approximate surface area is 158 Å². The van der Waals surface area contributed by atoms with Gasteiger partial charge in [-0.1, -0.05) is 24.3 Å². The van der Waals surface area contributed by atoms with Crippen LogP contribution in [0.2, 0.25) is 0 Å². The number of nitrogens with zero attached hydrogens (tertiary/aromatic N) is 1. The topological polar surface area (TPSA) is 69.7 Å². The molecule has 0 saturated carbocycles. The van der Waals surface area contributed by atoms with E-state index in [9.17, 15) is 13.0 Å². The van der Waals surface area contributed by atoms with Gasteiger partial charge in [-0.15, -0.1) is 0 Å². The summed E-state index contributed by atoms with van der Waals surface area (Å²) in [4.78, 5) is 2.01. The summed E-state index contributed by atoms with van der Waals surface area (Å²) in [7, 11) is -4.20. The van der Waals surface area contributed by atoms with Crippen molar-refractivity contribution in [1.82, 2.24) is 0 Å². The molecular formula is C16H16NNaO4S. The number of hydrogen-bond acceptors (Lipinski definition) is 5. The van der Waals surface area contributed by atoms with Crippen molar-refractivity contribution in [3.63, 3.8) is 0 Å². The van der Waals surface area contributed by atoms with Gasteiger partial charge in [0.2, 0.25) is 0 Å². The number of rotatable bonds is 4. The molecule has 0 spiro atoms. The first kappa shape index (κ1) is 18.3. The van der Waals surface area contributed by atoms with Gasteiger partial charge in [-0.2, -0.15) is 0 Å². The Balaban J connectivity index is 0.00000192. The SMILES string of the molecule is Cc1cccc2c1Oc1ccccc1N2CCCS(=O)(=O)[O-].[Na+]. The first-order valence-corrected chi connectivity index (χ1v) is 8.61. The van der Waals surface area contributed by atoms with E-state index in [1.54, 1.807) is 0 Å². The van der Waals surface area contributed by atoms with Crippen molar-refractivity contribution in [1.29, 1.82) is 0 Å². The van der Waals surface area contributed by atoms with Gasteiger partial charge in [0.15, 0.2) is 11.5 Å². The molecule has 1 aliphatic rings. The Bertz CT molecular complexity index is 807. The van der Waals surface area contributed by atoms with Crippen LogP contribution in [0.5, 0.6) is 11.5 Å². The van der Waals surface area contributed by atoms with Crippen LogP contribution in [0.4, 0.5) is 11.4 Å². The number of hydrogen-bond donors (Lipinski definition) is 0. The van der Waals surface area contributed by atoms with E-state index in [1.807, 2.05) is 54.3 Å². The van der Waals surface area contributed by atoms with Gasteiger partial charge in [-0.3, -0.25) is 0 Å². The summed E-state index contributed by atoms with van der Waals surface area (Å²) in [6.45, 7) is 2.41. The predicted molar refractivity (Wildman–Crippen MR) is 83.9 cm³/mol. The number of aryl methyl sites for hydroxylation is 1. The molecule has 2 aromatic carbocycles. The number of benzene rings is 2. The van der Waals surface area contributed by atoms with Crippen molar-refractivity contribution in [3.05, 3.63) is 48.0 Å². The Morgan fingerprint density at radius 2 is 1.78 bits per heavy atom. The molecule has 0 unspecified atom stereocenters. The molecule has 0 saturated heterocycles. The summed E-state index contributed by atoms with van der Waals surface area (Å²) in [6, 6.07) is 13.4. The third-order valence-electron chi connectivity index (χ3n) is 3.63. The minimum Gasteiger partial charge on any atom is -0.748 e. The molecule has 5 nitrogen and oxygen atoms in total. The summed E-state index contributed by atoms with van der Waals surface area (Å²) >= 11 is 0. The van der Waals surface area contributed by atoms with Crippen molar-refractivity contribution in [2.75, 3.05) is 17.2 Å². The van der Waals surface area contributed by atoms with Gasteiger partial charge < -0.3 is 14.2 Å². The van der Waals surface area contributed by atoms with Crippen LogP contribution in [-0.2, 0) is 10.1 Å². The zero-order valence-electron chi connectivity index (χ0n) is 13.2. The maximum atomic E-state index is 10.8.